The van der Waals surface area contributed by atoms with Crippen LogP contribution in [0.3, 0.4) is 0 Å². The molecule has 0 unspecified atom stereocenters. The highest BCUT2D eigenvalue weighted by molar-refractivity contribution is 6.17. The van der Waals surface area contributed by atoms with Crippen molar-refractivity contribution >= 4 is 17.3 Å². The summed E-state index contributed by atoms with van der Waals surface area (Å²) in [5.41, 5.74) is 0.0123. The fourth-order valence-corrected chi connectivity index (χ4v) is 1.15. The second kappa shape index (κ2) is 4.20. The predicted octanol–water partition coefficient (Wildman–Crippen LogP) is 0.522. The fourth-order valence-electron chi connectivity index (χ4n) is 0.989. The van der Waals surface area contributed by atoms with E-state index < -0.39 is 11.5 Å². The van der Waals surface area contributed by atoms with Gasteiger partial charge < -0.3 is 5.11 Å². The van der Waals surface area contributed by atoms with Crippen molar-refractivity contribution in [2.45, 2.75) is 13.2 Å². The molecule has 72 valence electrons. The Balaban J connectivity index is 3.03. The molecule has 1 aromatic rings. The number of alkyl halides is 1. The lowest BCUT2D eigenvalue weighted by Crippen LogP contribution is -2.07. The summed E-state index contributed by atoms with van der Waals surface area (Å²) in [4.78, 5) is 9.83. The van der Waals surface area contributed by atoms with Gasteiger partial charge in [-0.1, -0.05) is 0 Å². The molecule has 0 spiro atoms. The lowest BCUT2D eigenvalue weighted by atomic mass is 10.4. The maximum atomic E-state index is 10.4. The molecule has 1 aromatic heterocycles. The highest BCUT2D eigenvalue weighted by Crippen LogP contribution is 2.17. The molecule has 0 aliphatic rings. The SMILES string of the molecule is O=[N+]([O-])c1cnn(CCCl)c1CO. The third-order valence-corrected chi connectivity index (χ3v) is 1.74. The molecule has 1 rings (SSSR count). The van der Waals surface area contributed by atoms with Crippen molar-refractivity contribution < 1.29 is 10.0 Å². The molecular weight excluding hydrogens is 198 g/mol. The minimum absolute atomic E-state index is 0.174. The van der Waals surface area contributed by atoms with E-state index in [1.54, 1.807) is 0 Å². The summed E-state index contributed by atoms with van der Waals surface area (Å²) < 4.78 is 1.32. The molecule has 0 aliphatic carbocycles. The van der Waals surface area contributed by atoms with Crippen LogP contribution >= 0.6 is 11.6 Å². The Labute approximate surface area is 78.9 Å². The van der Waals surface area contributed by atoms with Crippen LogP contribution in [-0.4, -0.2) is 25.7 Å². The van der Waals surface area contributed by atoms with Gasteiger partial charge in [-0.3, -0.25) is 14.8 Å². The second-order valence-electron chi connectivity index (χ2n) is 2.30. The van der Waals surface area contributed by atoms with Crippen LogP contribution in [0.2, 0.25) is 0 Å². The number of rotatable bonds is 4. The summed E-state index contributed by atoms with van der Waals surface area (Å²) in [6.07, 6.45) is 1.11. The summed E-state index contributed by atoms with van der Waals surface area (Å²) in [5.74, 6) is 0.297. The van der Waals surface area contributed by atoms with Crippen molar-refractivity contribution in [3.05, 3.63) is 22.0 Å². The number of aryl methyl sites for hydroxylation is 1. The lowest BCUT2D eigenvalue weighted by Gasteiger charge is -2.00. The van der Waals surface area contributed by atoms with Gasteiger partial charge in [-0.15, -0.1) is 11.6 Å². The Morgan fingerprint density at radius 1 is 1.77 bits per heavy atom. The van der Waals surface area contributed by atoms with Crippen molar-refractivity contribution in [3.8, 4) is 0 Å². The van der Waals surface area contributed by atoms with Gasteiger partial charge in [0, 0.05) is 5.88 Å². The Kier molecular flexibility index (Phi) is 3.21. The van der Waals surface area contributed by atoms with Crippen LogP contribution in [-0.2, 0) is 13.2 Å². The first-order chi connectivity index (χ1) is 6.20. The molecule has 13 heavy (non-hydrogen) atoms. The minimum Gasteiger partial charge on any atom is -0.390 e. The molecule has 6 nitrogen and oxygen atoms in total. The quantitative estimate of drug-likeness (QED) is 0.442. The number of aromatic nitrogens is 2. The van der Waals surface area contributed by atoms with Gasteiger partial charge in [0.1, 0.15) is 11.9 Å². The Morgan fingerprint density at radius 3 is 2.92 bits per heavy atom. The zero-order valence-corrected chi connectivity index (χ0v) is 7.44. The van der Waals surface area contributed by atoms with Crippen LogP contribution in [0.1, 0.15) is 5.69 Å². The summed E-state index contributed by atoms with van der Waals surface area (Å²) in [6, 6.07) is 0. The standard InChI is InChI=1S/C6H8ClN3O3/c7-1-2-9-6(4-11)5(3-8-9)10(12)13/h3,11H,1-2,4H2. The van der Waals surface area contributed by atoms with Crippen LogP contribution in [0.5, 0.6) is 0 Å². The maximum Gasteiger partial charge on any atom is 0.312 e. The Morgan fingerprint density at radius 2 is 2.46 bits per heavy atom. The summed E-state index contributed by atoms with van der Waals surface area (Å²) >= 11 is 5.44. The van der Waals surface area contributed by atoms with Crippen LogP contribution in [0.25, 0.3) is 0 Å². The van der Waals surface area contributed by atoms with Crippen LogP contribution in [0, 0.1) is 10.1 Å². The molecule has 0 saturated heterocycles. The van der Waals surface area contributed by atoms with E-state index in [9.17, 15) is 10.1 Å². The zero-order valence-electron chi connectivity index (χ0n) is 6.68. The molecule has 0 aromatic carbocycles. The van der Waals surface area contributed by atoms with Gasteiger partial charge in [-0.05, 0) is 0 Å². The molecule has 0 bridgehead atoms. The smallest absolute Gasteiger partial charge is 0.312 e. The molecular formula is C6H8ClN3O3. The maximum absolute atomic E-state index is 10.4. The molecule has 0 fully saturated rings. The van der Waals surface area contributed by atoms with E-state index in [1.165, 1.54) is 4.68 Å². The van der Waals surface area contributed by atoms with Crippen molar-refractivity contribution in [2.75, 3.05) is 5.88 Å². The largest absolute Gasteiger partial charge is 0.390 e. The highest BCUT2D eigenvalue weighted by Gasteiger charge is 2.18. The number of aliphatic hydroxyl groups is 1. The van der Waals surface area contributed by atoms with Crippen LogP contribution < -0.4 is 0 Å². The molecule has 0 amide bonds. The van der Waals surface area contributed by atoms with E-state index >= 15 is 0 Å². The van der Waals surface area contributed by atoms with E-state index in [-0.39, 0.29) is 11.4 Å². The number of nitro groups is 1. The first-order valence-electron chi connectivity index (χ1n) is 3.56. The number of aliphatic hydroxyl groups excluding tert-OH is 1. The fraction of sp³-hybridized carbons (Fsp3) is 0.500. The first kappa shape index (κ1) is 9.94. The normalized spacial score (nSPS) is 10.3. The first-order valence-corrected chi connectivity index (χ1v) is 4.10. The Bertz CT molecular complexity index is 312. The molecule has 0 radical (unpaired) electrons. The second-order valence-corrected chi connectivity index (χ2v) is 2.68. The van der Waals surface area contributed by atoms with Crippen LogP contribution in [0.15, 0.2) is 6.20 Å². The number of hydrogen-bond acceptors (Lipinski definition) is 4. The van der Waals surface area contributed by atoms with Crippen molar-refractivity contribution in [1.82, 2.24) is 9.78 Å². The number of nitrogens with zero attached hydrogens (tertiary/aromatic N) is 3. The van der Waals surface area contributed by atoms with E-state index in [0.29, 0.717) is 12.4 Å². The average Bonchev–Trinajstić information content (AvgIpc) is 2.48. The highest BCUT2D eigenvalue weighted by atomic mass is 35.5. The topological polar surface area (TPSA) is 81.2 Å². The minimum atomic E-state index is -0.580. The van der Waals surface area contributed by atoms with Crippen LogP contribution in [0.4, 0.5) is 5.69 Å². The van der Waals surface area contributed by atoms with E-state index in [2.05, 4.69) is 5.10 Å². The average molecular weight is 206 g/mol. The van der Waals surface area contributed by atoms with E-state index in [4.69, 9.17) is 16.7 Å². The molecule has 1 N–H and O–H groups in total. The summed E-state index contributed by atoms with van der Waals surface area (Å²) in [6.45, 7) is -0.0571. The number of halogens is 1. The summed E-state index contributed by atoms with van der Waals surface area (Å²) in [7, 11) is 0. The van der Waals surface area contributed by atoms with E-state index in [0.717, 1.165) is 6.20 Å². The molecule has 1 heterocycles. The molecule has 0 atom stereocenters. The molecule has 7 heteroatoms. The molecule has 0 saturated carbocycles. The Hall–Kier alpha value is -1.14. The summed E-state index contributed by atoms with van der Waals surface area (Å²) in [5, 5.41) is 23.0. The lowest BCUT2D eigenvalue weighted by molar-refractivity contribution is -0.386. The van der Waals surface area contributed by atoms with Crippen molar-refractivity contribution in [3.63, 3.8) is 0 Å². The third kappa shape index (κ3) is 1.96. The molecule has 0 aliphatic heterocycles. The van der Waals surface area contributed by atoms with E-state index in [1.807, 2.05) is 0 Å². The predicted molar refractivity (Wildman–Crippen MR) is 45.5 cm³/mol. The zero-order chi connectivity index (χ0) is 9.84. The van der Waals surface area contributed by atoms with Gasteiger partial charge in [0.05, 0.1) is 18.1 Å². The van der Waals surface area contributed by atoms with Crippen molar-refractivity contribution in [2.24, 2.45) is 0 Å². The van der Waals surface area contributed by atoms with Gasteiger partial charge in [0.2, 0.25) is 0 Å². The van der Waals surface area contributed by atoms with Gasteiger partial charge in [0.15, 0.2) is 0 Å². The van der Waals surface area contributed by atoms with Gasteiger partial charge in [-0.25, -0.2) is 0 Å². The monoisotopic (exact) mass is 205 g/mol. The van der Waals surface area contributed by atoms with Gasteiger partial charge in [0.25, 0.3) is 0 Å². The van der Waals surface area contributed by atoms with Crippen molar-refractivity contribution in [1.29, 1.82) is 0 Å². The number of hydrogen-bond donors (Lipinski definition) is 1. The third-order valence-electron chi connectivity index (χ3n) is 1.57. The van der Waals surface area contributed by atoms with Gasteiger partial charge >= 0.3 is 5.69 Å². The van der Waals surface area contributed by atoms with Gasteiger partial charge in [-0.2, -0.15) is 5.10 Å².